The van der Waals surface area contributed by atoms with Gasteiger partial charge in [0.2, 0.25) is 0 Å². The highest BCUT2D eigenvalue weighted by Crippen LogP contribution is 2.38. The van der Waals surface area contributed by atoms with Gasteiger partial charge in [-0.15, -0.1) is 0 Å². The van der Waals surface area contributed by atoms with Crippen LogP contribution in [0.3, 0.4) is 0 Å². The van der Waals surface area contributed by atoms with Crippen LogP contribution >= 0.6 is 11.6 Å². The lowest BCUT2D eigenvalue weighted by Gasteiger charge is -2.15. The van der Waals surface area contributed by atoms with Crippen molar-refractivity contribution in [2.75, 3.05) is 0 Å². The summed E-state index contributed by atoms with van der Waals surface area (Å²) in [7, 11) is 0. The Morgan fingerprint density at radius 1 is 1.17 bits per heavy atom. The van der Waals surface area contributed by atoms with Crippen molar-refractivity contribution in [2.24, 2.45) is 0 Å². The first-order valence-electron chi connectivity index (χ1n) is 7.43. The topological polar surface area (TPSA) is 55.2 Å². The molecule has 0 spiro atoms. The monoisotopic (exact) mass is 327 g/mol. The van der Waals surface area contributed by atoms with Crippen molar-refractivity contribution in [1.82, 2.24) is 5.16 Å². The van der Waals surface area contributed by atoms with Gasteiger partial charge in [0.15, 0.2) is 5.76 Å². The number of ether oxygens (including phenoxy) is 1. The molecule has 0 radical (unpaired) electrons. The molecular formula is C18H14ClNO3. The van der Waals surface area contributed by atoms with Gasteiger partial charge in [-0.3, -0.25) is 4.79 Å². The van der Waals surface area contributed by atoms with Crippen molar-refractivity contribution in [2.45, 2.75) is 18.9 Å². The Labute approximate surface area is 137 Å². The summed E-state index contributed by atoms with van der Waals surface area (Å²) in [5.74, 6) is 1.30. The summed E-state index contributed by atoms with van der Waals surface area (Å²) in [4.78, 5) is 11.1. The number of hydrogen-bond donors (Lipinski definition) is 1. The molecule has 0 fully saturated rings. The zero-order chi connectivity index (χ0) is 15.8. The number of H-pyrrole nitrogens is 1. The molecule has 2 aromatic carbocycles. The minimum Gasteiger partial charge on any atom is -0.486 e. The van der Waals surface area contributed by atoms with Crippen molar-refractivity contribution in [1.29, 1.82) is 0 Å². The predicted octanol–water partition coefficient (Wildman–Crippen LogP) is 4.35. The fourth-order valence-electron chi connectivity index (χ4n) is 2.98. The van der Waals surface area contributed by atoms with Crippen LogP contribution in [-0.4, -0.2) is 5.16 Å². The normalized spacial score (nSPS) is 16.3. The van der Waals surface area contributed by atoms with E-state index in [9.17, 15) is 4.79 Å². The average Bonchev–Trinajstić information content (AvgIpc) is 3.16. The summed E-state index contributed by atoms with van der Waals surface area (Å²) in [6.45, 7) is 0. The minimum absolute atomic E-state index is 0.0275. The molecule has 1 N–H and O–H groups in total. The number of aromatic nitrogens is 1. The number of halogens is 1. The van der Waals surface area contributed by atoms with Crippen LogP contribution in [0.25, 0.3) is 11.3 Å². The molecule has 4 nitrogen and oxygen atoms in total. The number of benzene rings is 2. The van der Waals surface area contributed by atoms with E-state index in [1.165, 1.54) is 17.2 Å². The van der Waals surface area contributed by atoms with E-state index >= 15 is 0 Å². The van der Waals surface area contributed by atoms with Crippen molar-refractivity contribution in [3.63, 3.8) is 0 Å². The molecule has 0 saturated carbocycles. The van der Waals surface area contributed by atoms with E-state index in [1.54, 1.807) is 0 Å². The van der Waals surface area contributed by atoms with Gasteiger partial charge in [-0.25, -0.2) is 0 Å². The molecule has 1 aliphatic rings. The Balaban J connectivity index is 1.55. The van der Waals surface area contributed by atoms with E-state index in [0.29, 0.717) is 5.76 Å². The third kappa shape index (κ3) is 2.66. The van der Waals surface area contributed by atoms with Crippen LogP contribution in [-0.2, 0) is 6.42 Å². The second kappa shape index (κ2) is 5.63. The molecule has 23 heavy (non-hydrogen) atoms. The molecule has 1 aliphatic carbocycles. The molecule has 0 saturated heterocycles. The molecular weight excluding hydrogens is 314 g/mol. The van der Waals surface area contributed by atoms with Crippen LogP contribution in [0.5, 0.6) is 5.75 Å². The van der Waals surface area contributed by atoms with Crippen molar-refractivity contribution >= 4 is 11.6 Å². The quantitative estimate of drug-likeness (QED) is 0.778. The molecule has 4 rings (SSSR count). The lowest BCUT2D eigenvalue weighted by molar-refractivity contribution is 0.207. The summed E-state index contributed by atoms with van der Waals surface area (Å²) in [6, 6.07) is 14.9. The van der Waals surface area contributed by atoms with E-state index < -0.39 is 0 Å². The van der Waals surface area contributed by atoms with Crippen LogP contribution in [0, 0.1) is 0 Å². The van der Waals surface area contributed by atoms with Gasteiger partial charge in [0.05, 0.1) is 6.07 Å². The maximum absolute atomic E-state index is 11.1. The molecule has 1 heterocycles. The summed E-state index contributed by atoms with van der Waals surface area (Å²) in [5, 5.41) is 3.09. The lowest BCUT2D eigenvalue weighted by Crippen LogP contribution is -2.03. The highest BCUT2D eigenvalue weighted by atomic mass is 35.5. The molecule has 0 bridgehead atoms. The second-order valence-electron chi connectivity index (χ2n) is 5.55. The average molecular weight is 328 g/mol. The fraction of sp³-hybridized carbons (Fsp3) is 0.167. The Morgan fingerprint density at radius 3 is 2.74 bits per heavy atom. The fourth-order valence-corrected chi connectivity index (χ4v) is 3.26. The molecule has 5 heteroatoms. The zero-order valence-electron chi connectivity index (χ0n) is 12.2. The van der Waals surface area contributed by atoms with E-state index in [0.717, 1.165) is 29.2 Å². The Kier molecular flexibility index (Phi) is 3.46. The van der Waals surface area contributed by atoms with Gasteiger partial charge in [-0.2, -0.15) is 5.16 Å². The van der Waals surface area contributed by atoms with E-state index in [-0.39, 0.29) is 11.7 Å². The number of nitrogens with one attached hydrogen (secondary N) is 1. The number of hydrogen-bond acceptors (Lipinski definition) is 3. The number of rotatable bonds is 3. The standard InChI is InChI=1S/C18H14ClNO3/c19-15-3-1-2-14-13(15)8-9-16(14)22-12-6-4-11(5-7-12)17-10-18(21)20-23-17/h1-7,10,16H,8-9H2,(H,20,21). The first kappa shape index (κ1) is 14.2. The maximum atomic E-state index is 11.1. The van der Waals surface area contributed by atoms with Crippen LogP contribution < -0.4 is 10.3 Å². The van der Waals surface area contributed by atoms with Gasteiger partial charge in [0.25, 0.3) is 5.56 Å². The number of aromatic amines is 1. The van der Waals surface area contributed by atoms with Gasteiger partial charge < -0.3 is 9.26 Å². The van der Waals surface area contributed by atoms with E-state index in [2.05, 4.69) is 11.2 Å². The van der Waals surface area contributed by atoms with E-state index in [1.807, 2.05) is 36.4 Å². The predicted molar refractivity (Wildman–Crippen MR) is 87.9 cm³/mol. The molecule has 116 valence electrons. The molecule has 3 aromatic rings. The summed E-state index contributed by atoms with van der Waals surface area (Å²) >= 11 is 6.23. The number of fused-ring (bicyclic) bond motifs is 1. The van der Waals surface area contributed by atoms with Crippen LogP contribution in [0.1, 0.15) is 23.7 Å². The van der Waals surface area contributed by atoms with Gasteiger partial charge in [0, 0.05) is 10.6 Å². The van der Waals surface area contributed by atoms with Gasteiger partial charge in [0.1, 0.15) is 11.9 Å². The third-order valence-electron chi connectivity index (χ3n) is 4.10. The Hall–Kier alpha value is -2.46. The van der Waals surface area contributed by atoms with Crippen molar-refractivity contribution in [3.05, 3.63) is 75.0 Å². The van der Waals surface area contributed by atoms with Gasteiger partial charge in [-0.1, -0.05) is 23.7 Å². The highest BCUT2D eigenvalue weighted by Gasteiger charge is 2.25. The Bertz CT molecular complexity index is 895. The van der Waals surface area contributed by atoms with E-state index in [4.69, 9.17) is 20.9 Å². The zero-order valence-corrected chi connectivity index (χ0v) is 13.0. The molecule has 1 atom stereocenters. The summed E-state index contributed by atoms with van der Waals surface area (Å²) in [6.07, 6.45) is 1.89. The van der Waals surface area contributed by atoms with Crippen LogP contribution in [0.15, 0.2) is 57.8 Å². The minimum atomic E-state index is -0.250. The molecule has 1 aromatic heterocycles. The summed E-state index contributed by atoms with van der Waals surface area (Å²) < 4.78 is 11.2. The smallest absolute Gasteiger partial charge is 0.280 e. The highest BCUT2D eigenvalue weighted by molar-refractivity contribution is 6.31. The molecule has 0 aliphatic heterocycles. The SMILES string of the molecule is O=c1cc(-c2ccc(OC3CCc4c(Cl)cccc43)cc2)o[nH]1. The Morgan fingerprint density at radius 2 is 2.00 bits per heavy atom. The van der Waals surface area contributed by atoms with Gasteiger partial charge in [-0.05, 0) is 54.3 Å². The third-order valence-corrected chi connectivity index (χ3v) is 4.45. The van der Waals surface area contributed by atoms with Crippen molar-refractivity contribution < 1.29 is 9.26 Å². The van der Waals surface area contributed by atoms with Crippen LogP contribution in [0.2, 0.25) is 5.02 Å². The molecule has 0 amide bonds. The summed E-state index contributed by atoms with van der Waals surface area (Å²) in [5.41, 5.74) is 2.92. The van der Waals surface area contributed by atoms with Crippen molar-refractivity contribution in [3.8, 4) is 17.1 Å². The van der Waals surface area contributed by atoms with Gasteiger partial charge >= 0.3 is 0 Å². The van der Waals surface area contributed by atoms with Crippen LogP contribution in [0.4, 0.5) is 0 Å². The largest absolute Gasteiger partial charge is 0.486 e. The second-order valence-corrected chi connectivity index (χ2v) is 5.96. The maximum Gasteiger partial charge on any atom is 0.280 e. The first-order valence-corrected chi connectivity index (χ1v) is 7.81. The molecule has 1 unspecified atom stereocenters. The first-order chi connectivity index (χ1) is 11.2. The lowest BCUT2D eigenvalue weighted by atomic mass is 10.1.